The lowest BCUT2D eigenvalue weighted by Gasteiger charge is -2.29. The average Bonchev–Trinajstić information content (AvgIpc) is 3.84. The first-order valence-electron chi connectivity index (χ1n) is 23.3. The lowest BCUT2D eigenvalue weighted by atomic mass is 9.82. The number of hydrogen-bond donors (Lipinski definition) is 0. The predicted octanol–water partition coefficient (Wildman–Crippen LogP) is 17.9. The molecule has 0 amide bonds. The zero-order chi connectivity index (χ0) is 44.6. The van der Waals surface area contributed by atoms with Crippen LogP contribution < -0.4 is 4.90 Å². The van der Waals surface area contributed by atoms with Crippen LogP contribution >= 0.6 is 0 Å². The molecule has 1 aromatic heterocycles. The fraction of sp³-hybridized carbons (Fsp3) is 0.0462. The quantitative estimate of drug-likeness (QED) is 0.145. The molecule has 0 radical (unpaired) electrons. The summed E-state index contributed by atoms with van der Waals surface area (Å²) < 4.78 is 2.38. The first-order chi connectivity index (χ1) is 33.0. The van der Waals surface area contributed by atoms with E-state index < -0.39 is 0 Å². The van der Waals surface area contributed by atoms with Gasteiger partial charge in [-0.3, -0.25) is 0 Å². The summed E-state index contributed by atoms with van der Waals surface area (Å²) in [7, 11) is 0. The van der Waals surface area contributed by atoms with Crippen LogP contribution in [0, 0.1) is 0 Å². The highest BCUT2D eigenvalue weighted by molar-refractivity contribution is 6.13. The Morgan fingerprint density at radius 2 is 0.970 bits per heavy atom. The molecule has 0 aliphatic heterocycles. The van der Waals surface area contributed by atoms with Crippen molar-refractivity contribution in [2.75, 3.05) is 4.90 Å². The summed E-state index contributed by atoms with van der Waals surface area (Å²) in [5, 5.41) is 7.55. The van der Waals surface area contributed by atoms with E-state index in [1.54, 1.807) is 0 Å². The van der Waals surface area contributed by atoms with E-state index in [1.807, 2.05) is 0 Å². The standard InChI is InChI=1S/C65H46N2/c1-65(2)60-27-11-8-23-56(60)58-42-47(33-38-61(58)65)53-22-9-12-28-62(53)66(49-35-30-44(31-36-49)52-25-15-26-54-51-21-7-6-16-43(51)32-37-55(52)54)50-20-14-17-45(40-50)46-34-39-64-59(41-46)57-24-10-13-29-63(57)67(64)48-18-4-3-5-19-48/h3-42H,1-2H3. The Morgan fingerprint density at radius 1 is 0.328 bits per heavy atom. The van der Waals surface area contributed by atoms with E-state index >= 15 is 0 Å². The molecule has 67 heavy (non-hydrogen) atoms. The molecule has 0 spiro atoms. The van der Waals surface area contributed by atoms with E-state index in [-0.39, 0.29) is 5.41 Å². The fourth-order valence-electron chi connectivity index (χ4n) is 11.1. The summed E-state index contributed by atoms with van der Waals surface area (Å²) in [5.74, 6) is 0. The van der Waals surface area contributed by atoms with Gasteiger partial charge in [0.15, 0.2) is 0 Å². The predicted molar refractivity (Wildman–Crippen MR) is 284 cm³/mol. The van der Waals surface area contributed by atoms with Crippen molar-refractivity contribution < 1.29 is 0 Å². The fourth-order valence-corrected chi connectivity index (χ4v) is 11.1. The molecule has 0 unspecified atom stereocenters. The second-order valence-corrected chi connectivity index (χ2v) is 18.5. The van der Waals surface area contributed by atoms with E-state index in [2.05, 4.69) is 266 Å². The molecule has 1 heterocycles. The van der Waals surface area contributed by atoms with Gasteiger partial charge in [0.25, 0.3) is 0 Å². The minimum absolute atomic E-state index is 0.0607. The number of fused-ring (bicyclic) bond motifs is 9. The molecular formula is C65H46N2. The maximum atomic E-state index is 2.45. The summed E-state index contributed by atoms with van der Waals surface area (Å²) in [6.45, 7) is 4.70. The van der Waals surface area contributed by atoms with E-state index in [1.165, 1.54) is 93.4 Å². The van der Waals surface area contributed by atoms with Crippen LogP contribution in [0.3, 0.4) is 0 Å². The van der Waals surface area contributed by atoms with Gasteiger partial charge in [-0.25, -0.2) is 0 Å². The minimum atomic E-state index is -0.0607. The first-order valence-corrected chi connectivity index (χ1v) is 23.3. The lowest BCUT2D eigenvalue weighted by molar-refractivity contribution is 0.660. The topological polar surface area (TPSA) is 8.17 Å². The molecule has 2 nitrogen and oxygen atoms in total. The molecule has 11 aromatic carbocycles. The number of rotatable bonds is 7. The van der Waals surface area contributed by atoms with Crippen molar-refractivity contribution in [3.8, 4) is 50.2 Å². The van der Waals surface area contributed by atoms with Gasteiger partial charge in [-0.2, -0.15) is 0 Å². The van der Waals surface area contributed by atoms with Gasteiger partial charge < -0.3 is 9.47 Å². The number of hydrogen-bond acceptors (Lipinski definition) is 1. The van der Waals surface area contributed by atoms with Crippen LogP contribution in [0.4, 0.5) is 17.1 Å². The van der Waals surface area contributed by atoms with Gasteiger partial charge in [0.1, 0.15) is 0 Å². The molecule has 0 bridgehead atoms. The number of benzene rings is 11. The van der Waals surface area contributed by atoms with Crippen LogP contribution in [0.25, 0.3) is 93.5 Å². The van der Waals surface area contributed by atoms with Gasteiger partial charge in [-0.15, -0.1) is 0 Å². The second-order valence-electron chi connectivity index (χ2n) is 18.5. The third-order valence-electron chi connectivity index (χ3n) is 14.4. The molecule has 12 aromatic rings. The molecule has 1 aliphatic rings. The maximum absolute atomic E-state index is 2.45. The number of aromatic nitrogens is 1. The first kappa shape index (κ1) is 39.0. The van der Waals surface area contributed by atoms with Crippen molar-refractivity contribution in [2.45, 2.75) is 19.3 Å². The van der Waals surface area contributed by atoms with Crippen LogP contribution in [-0.2, 0) is 5.41 Å². The Balaban J connectivity index is 0.968. The van der Waals surface area contributed by atoms with E-state index in [0.29, 0.717) is 0 Å². The molecule has 1 aliphatic carbocycles. The second kappa shape index (κ2) is 15.3. The van der Waals surface area contributed by atoms with Crippen molar-refractivity contribution in [1.29, 1.82) is 0 Å². The van der Waals surface area contributed by atoms with Gasteiger partial charge in [-0.05, 0) is 138 Å². The molecule has 316 valence electrons. The normalized spacial score (nSPS) is 12.7. The molecule has 0 saturated carbocycles. The Bertz CT molecular complexity index is 3890. The summed E-state index contributed by atoms with van der Waals surface area (Å²) in [4.78, 5) is 2.45. The van der Waals surface area contributed by atoms with Crippen molar-refractivity contribution in [3.05, 3.63) is 254 Å². The zero-order valence-electron chi connectivity index (χ0n) is 37.5. The van der Waals surface area contributed by atoms with Gasteiger partial charge in [-0.1, -0.05) is 190 Å². The van der Waals surface area contributed by atoms with Gasteiger partial charge in [0.05, 0.1) is 16.7 Å². The van der Waals surface area contributed by atoms with E-state index in [4.69, 9.17) is 0 Å². The van der Waals surface area contributed by atoms with Crippen molar-refractivity contribution >= 4 is 60.4 Å². The molecule has 0 fully saturated rings. The number of nitrogens with zero attached hydrogens (tertiary/aromatic N) is 2. The molecule has 0 saturated heterocycles. The Hall–Kier alpha value is -8.46. The SMILES string of the molecule is CC1(C)c2ccccc2-c2cc(-c3ccccc3N(c3ccc(-c4cccc5c4ccc4ccccc45)cc3)c3cccc(-c4ccc5c(c4)c4ccccc4n5-c4ccccc4)c3)ccc21. The Kier molecular flexibility index (Phi) is 8.91. The van der Waals surface area contributed by atoms with E-state index in [0.717, 1.165) is 28.3 Å². The largest absolute Gasteiger partial charge is 0.310 e. The van der Waals surface area contributed by atoms with Crippen LogP contribution in [-0.4, -0.2) is 4.57 Å². The van der Waals surface area contributed by atoms with Gasteiger partial charge in [0.2, 0.25) is 0 Å². The summed E-state index contributed by atoms with van der Waals surface area (Å²) in [6, 6.07) is 89.5. The average molecular weight is 855 g/mol. The molecule has 2 heteroatoms. The van der Waals surface area contributed by atoms with Crippen LogP contribution in [0.15, 0.2) is 243 Å². The smallest absolute Gasteiger partial charge is 0.0541 e. The van der Waals surface area contributed by atoms with Crippen molar-refractivity contribution in [3.63, 3.8) is 0 Å². The highest BCUT2D eigenvalue weighted by atomic mass is 15.1. The van der Waals surface area contributed by atoms with Crippen molar-refractivity contribution in [1.82, 2.24) is 4.57 Å². The van der Waals surface area contributed by atoms with E-state index in [9.17, 15) is 0 Å². The van der Waals surface area contributed by atoms with Gasteiger partial charge in [0, 0.05) is 38.8 Å². The molecule has 0 N–H and O–H groups in total. The third-order valence-corrected chi connectivity index (χ3v) is 14.4. The Labute approximate surface area is 391 Å². The molecule has 13 rings (SSSR count). The summed E-state index contributed by atoms with van der Waals surface area (Å²) >= 11 is 0. The van der Waals surface area contributed by atoms with Crippen LogP contribution in [0.1, 0.15) is 25.0 Å². The highest BCUT2D eigenvalue weighted by Gasteiger charge is 2.35. The summed E-state index contributed by atoms with van der Waals surface area (Å²) in [6.07, 6.45) is 0. The lowest BCUT2D eigenvalue weighted by Crippen LogP contribution is -2.14. The van der Waals surface area contributed by atoms with Gasteiger partial charge >= 0.3 is 0 Å². The van der Waals surface area contributed by atoms with Crippen molar-refractivity contribution in [2.24, 2.45) is 0 Å². The van der Waals surface area contributed by atoms with Crippen LogP contribution in [0.2, 0.25) is 0 Å². The zero-order valence-corrected chi connectivity index (χ0v) is 37.5. The molecule has 0 atom stereocenters. The minimum Gasteiger partial charge on any atom is -0.310 e. The summed E-state index contributed by atoms with van der Waals surface area (Å²) in [5.41, 5.74) is 19.3. The van der Waals surface area contributed by atoms with Crippen LogP contribution in [0.5, 0.6) is 0 Å². The number of para-hydroxylation sites is 3. The third kappa shape index (κ3) is 6.25. The highest BCUT2D eigenvalue weighted by Crippen LogP contribution is 2.51. The molecular weight excluding hydrogens is 809 g/mol. The Morgan fingerprint density at radius 3 is 1.85 bits per heavy atom. The number of anilines is 3. The monoisotopic (exact) mass is 854 g/mol. The maximum Gasteiger partial charge on any atom is 0.0541 e.